The molecule has 1 aliphatic rings. The third kappa shape index (κ3) is 3.17. The molecule has 6 heteroatoms. The number of fused-ring (bicyclic) bond motifs is 1. The molecular weight excluding hydrogens is 358 g/mol. The molecule has 122 valence electrons. The van der Waals surface area contributed by atoms with Gasteiger partial charge < -0.3 is 4.90 Å². The highest BCUT2D eigenvalue weighted by molar-refractivity contribution is 9.10. The topological polar surface area (TPSA) is 55.2 Å². The van der Waals surface area contributed by atoms with Crippen molar-refractivity contribution in [2.24, 2.45) is 0 Å². The van der Waals surface area contributed by atoms with Gasteiger partial charge in [-0.2, -0.15) is 0 Å². The van der Waals surface area contributed by atoms with Gasteiger partial charge in [-0.05, 0) is 51.3 Å². The standard InChI is InChI=1S/C17H20BrN3O2/c1-11-4-3-5-12(2)21(11)16(22)9-20-10-19-15-7-6-13(18)8-14(15)17(20)23/h6-8,10-12H,3-5,9H2,1-2H3/t11-,12-/m1/s1. The van der Waals surface area contributed by atoms with Crippen LogP contribution in [0, 0.1) is 0 Å². The van der Waals surface area contributed by atoms with E-state index in [0.29, 0.717) is 10.9 Å². The molecule has 0 radical (unpaired) electrons. The minimum absolute atomic E-state index is 0.0112. The summed E-state index contributed by atoms with van der Waals surface area (Å²) in [5.74, 6) is -0.0112. The number of carbonyl (C=O) groups excluding carboxylic acids is 1. The minimum atomic E-state index is -0.179. The molecule has 0 aliphatic carbocycles. The van der Waals surface area contributed by atoms with Gasteiger partial charge in [0.2, 0.25) is 5.91 Å². The van der Waals surface area contributed by atoms with E-state index in [4.69, 9.17) is 0 Å². The van der Waals surface area contributed by atoms with Crippen molar-refractivity contribution in [1.82, 2.24) is 14.5 Å². The van der Waals surface area contributed by atoms with E-state index in [1.807, 2.05) is 11.0 Å². The van der Waals surface area contributed by atoms with E-state index in [0.717, 1.165) is 23.7 Å². The van der Waals surface area contributed by atoms with Crippen LogP contribution in [0.2, 0.25) is 0 Å². The average Bonchev–Trinajstić information content (AvgIpc) is 2.50. The number of benzene rings is 1. The Hall–Kier alpha value is -1.69. The molecule has 1 saturated heterocycles. The molecule has 1 amide bonds. The number of rotatable bonds is 2. The maximum atomic E-state index is 12.7. The summed E-state index contributed by atoms with van der Waals surface area (Å²) in [6, 6.07) is 5.84. The highest BCUT2D eigenvalue weighted by Crippen LogP contribution is 2.22. The second-order valence-corrected chi connectivity index (χ2v) is 7.18. The van der Waals surface area contributed by atoms with Crippen molar-refractivity contribution in [3.8, 4) is 0 Å². The van der Waals surface area contributed by atoms with Crippen molar-refractivity contribution < 1.29 is 4.79 Å². The van der Waals surface area contributed by atoms with Gasteiger partial charge in [0.05, 0.1) is 17.2 Å². The van der Waals surface area contributed by atoms with Gasteiger partial charge in [0.25, 0.3) is 5.56 Å². The lowest BCUT2D eigenvalue weighted by atomic mass is 9.97. The number of hydrogen-bond acceptors (Lipinski definition) is 3. The number of halogens is 1. The second-order valence-electron chi connectivity index (χ2n) is 6.27. The van der Waals surface area contributed by atoms with Crippen LogP contribution < -0.4 is 5.56 Å². The number of piperidine rings is 1. The van der Waals surface area contributed by atoms with E-state index in [1.54, 1.807) is 12.1 Å². The molecule has 1 aromatic carbocycles. The number of amides is 1. The lowest BCUT2D eigenvalue weighted by Crippen LogP contribution is -2.49. The number of nitrogens with zero attached hydrogens (tertiary/aromatic N) is 3. The van der Waals surface area contributed by atoms with Crippen LogP contribution in [-0.4, -0.2) is 32.4 Å². The summed E-state index contributed by atoms with van der Waals surface area (Å²) in [6.07, 6.45) is 4.66. The lowest BCUT2D eigenvalue weighted by molar-refractivity contribution is -0.138. The van der Waals surface area contributed by atoms with E-state index in [9.17, 15) is 9.59 Å². The molecule has 0 saturated carbocycles. The molecule has 2 heterocycles. The first-order valence-corrected chi connectivity index (χ1v) is 8.72. The van der Waals surface area contributed by atoms with Gasteiger partial charge in [-0.3, -0.25) is 14.2 Å². The van der Waals surface area contributed by atoms with Crippen LogP contribution in [-0.2, 0) is 11.3 Å². The molecule has 3 rings (SSSR count). The summed E-state index contributed by atoms with van der Waals surface area (Å²) < 4.78 is 2.23. The zero-order chi connectivity index (χ0) is 16.6. The lowest BCUT2D eigenvalue weighted by Gasteiger charge is -2.39. The van der Waals surface area contributed by atoms with Crippen molar-refractivity contribution in [1.29, 1.82) is 0 Å². The Morgan fingerprint density at radius 1 is 1.30 bits per heavy atom. The zero-order valence-corrected chi connectivity index (χ0v) is 14.9. The Morgan fingerprint density at radius 3 is 2.70 bits per heavy atom. The first-order chi connectivity index (χ1) is 11.0. The Bertz CT molecular complexity index is 792. The van der Waals surface area contributed by atoms with Gasteiger partial charge in [0.15, 0.2) is 0 Å². The van der Waals surface area contributed by atoms with Crippen molar-refractivity contribution in [3.63, 3.8) is 0 Å². The smallest absolute Gasteiger partial charge is 0.261 e. The van der Waals surface area contributed by atoms with E-state index in [2.05, 4.69) is 34.8 Å². The number of likely N-dealkylation sites (tertiary alicyclic amines) is 1. The summed E-state index contributed by atoms with van der Waals surface area (Å²) in [7, 11) is 0. The minimum Gasteiger partial charge on any atom is -0.336 e. The normalized spacial score (nSPS) is 21.6. The predicted octanol–water partition coefficient (Wildman–Crippen LogP) is 2.95. The largest absolute Gasteiger partial charge is 0.336 e. The summed E-state index contributed by atoms with van der Waals surface area (Å²) in [4.78, 5) is 31.5. The summed E-state index contributed by atoms with van der Waals surface area (Å²) in [5.41, 5.74) is 0.462. The van der Waals surface area contributed by atoms with E-state index in [1.165, 1.54) is 10.9 Å². The molecule has 0 spiro atoms. The van der Waals surface area contributed by atoms with Gasteiger partial charge in [-0.25, -0.2) is 4.98 Å². The molecule has 5 nitrogen and oxygen atoms in total. The summed E-state index contributed by atoms with van der Waals surface area (Å²) in [6.45, 7) is 4.20. The molecule has 0 bridgehead atoms. The van der Waals surface area contributed by atoms with E-state index in [-0.39, 0.29) is 30.1 Å². The van der Waals surface area contributed by atoms with Gasteiger partial charge in [-0.1, -0.05) is 15.9 Å². The summed E-state index contributed by atoms with van der Waals surface area (Å²) in [5, 5.41) is 0.523. The quantitative estimate of drug-likeness (QED) is 0.808. The SMILES string of the molecule is C[C@@H]1CCC[C@@H](C)N1C(=O)Cn1cnc2ccc(Br)cc2c1=O. The number of hydrogen-bond donors (Lipinski definition) is 0. The van der Waals surface area contributed by atoms with Crippen molar-refractivity contribution >= 4 is 32.7 Å². The van der Waals surface area contributed by atoms with Crippen molar-refractivity contribution in [3.05, 3.63) is 39.4 Å². The average molecular weight is 378 g/mol. The second kappa shape index (κ2) is 6.43. The predicted molar refractivity (Wildman–Crippen MR) is 93.3 cm³/mol. The Balaban J connectivity index is 1.90. The number of aromatic nitrogens is 2. The van der Waals surface area contributed by atoms with Gasteiger partial charge in [0.1, 0.15) is 6.54 Å². The van der Waals surface area contributed by atoms with Crippen LogP contribution in [0.1, 0.15) is 33.1 Å². The monoisotopic (exact) mass is 377 g/mol. The van der Waals surface area contributed by atoms with Crippen LogP contribution >= 0.6 is 15.9 Å². The Labute approximate surface area is 143 Å². The van der Waals surface area contributed by atoms with Crippen LogP contribution in [0.15, 0.2) is 33.8 Å². The highest BCUT2D eigenvalue weighted by atomic mass is 79.9. The van der Waals surface area contributed by atoms with E-state index < -0.39 is 0 Å². The summed E-state index contributed by atoms with van der Waals surface area (Å²) >= 11 is 3.37. The fourth-order valence-corrected chi connectivity index (χ4v) is 3.75. The molecule has 1 fully saturated rings. The maximum absolute atomic E-state index is 12.7. The first kappa shape index (κ1) is 16.2. The fraction of sp³-hybridized carbons (Fsp3) is 0.471. The van der Waals surface area contributed by atoms with Crippen LogP contribution in [0.25, 0.3) is 10.9 Å². The number of carbonyl (C=O) groups is 1. The van der Waals surface area contributed by atoms with Crippen LogP contribution in [0.3, 0.4) is 0 Å². The molecule has 23 heavy (non-hydrogen) atoms. The van der Waals surface area contributed by atoms with Crippen LogP contribution in [0.4, 0.5) is 0 Å². The molecule has 1 aromatic heterocycles. The third-order valence-electron chi connectivity index (χ3n) is 4.57. The molecule has 1 aliphatic heterocycles. The molecule has 0 N–H and O–H groups in total. The zero-order valence-electron chi connectivity index (χ0n) is 13.3. The maximum Gasteiger partial charge on any atom is 0.261 e. The molecule has 2 atom stereocenters. The fourth-order valence-electron chi connectivity index (χ4n) is 3.38. The molecule has 0 unspecified atom stereocenters. The molecular formula is C17H20BrN3O2. The molecule has 2 aromatic rings. The first-order valence-electron chi connectivity index (χ1n) is 7.93. The van der Waals surface area contributed by atoms with E-state index >= 15 is 0 Å². The van der Waals surface area contributed by atoms with Crippen molar-refractivity contribution in [2.75, 3.05) is 0 Å². The van der Waals surface area contributed by atoms with Gasteiger partial charge in [0, 0.05) is 16.6 Å². The van der Waals surface area contributed by atoms with Gasteiger partial charge in [-0.15, -0.1) is 0 Å². The Morgan fingerprint density at radius 2 is 2.00 bits per heavy atom. The van der Waals surface area contributed by atoms with Crippen molar-refractivity contribution in [2.45, 2.75) is 51.7 Å². The third-order valence-corrected chi connectivity index (χ3v) is 5.07. The van der Waals surface area contributed by atoms with Crippen LogP contribution in [0.5, 0.6) is 0 Å². The Kier molecular flexibility index (Phi) is 4.53. The van der Waals surface area contributed by atoms with Gasteiger partial charge >= 0.3 is 0 Å². The highest BCUT2D eigenvalue weighted by Gasteiger charge is 2.29.